The fourth-order valence-corrected chi connectivity index (χ4v) is 1.66. The first-order valence-electron chi connectivity index (χ1n) is 6.18. The standard InChI is InChI=1S/C13H14N4O2/c1-8-6-12(17-19-8)15-10-4-5-11(14-7-10)13(18)16-9-2-3-9/h4-7,9H,2-3H2,1H3,(H,15,17)(H,16,18). The van der Waals surface area contributed by atoms with E-state index in [-0.39, 0.29) is 5.91 Å². The van der Waals surface area contributed by atoms with Crippen molar-refractivity contribution in [1.29, 1.82) is 0 Å². The largest absolute Gasteiger partial charge is 0.360 e. The lowest BCUT2D eigenvalue weighted by Gasteiger charge is -2.04. The summed E-state index contributed by atoms with van der Waals surface area (Å²) in [4.78, 5) is 15.9. The Morgan fingerprint density at radius 3 is 2.84 bits per heavy atom. The summed E-state index contributed by atoms with van der Waals surface area (Å²) in [5.41, 5.74) is 1.19. The molecule has 98 valence electrons. The molecular formula is C13H14N4O2. The van der Waals surface area contributed by atoms with Gasteiger partial charge in [-0.15, -0.1) is 0 Å². The number of nitrogens with one attached hydrogen (secondary N) is 2. The molecule has 0 spiro atoms. The Kier molecular flexibility index (Phi) is 2.91. The minimum absolute atomic E-state index is 0.119. The molecule has 1 saturated carbocycles. The number of carbonyl (C=O) groups is 1. The first kappa shape index (κ1) is 11.7. The summed E-state index contributed by atoms with van der Waals surface area (Å²) in [5.74, 6) is 1.23. The molecule has 0 atom stereocenters. The molecule has 6 heteroatoms. The number of pyridine rings is 1. The van der Waals surface area contributed by atoms with E-state index < -0.39 is 0 Å². The van der Waals surface area contributed by atoms with Crippen LogP contribution in [0.15, 0.2) is 28.9 Å². The first-order valence-corrected chi connectivity index (χ1v) is 6.18. The van der Waals surface area contributed by atoms with Gasteiger partial charge in [0.15, 0.2) is 5.82 Å². The average Bonchev–Trinajstić information content (AvgIpc) is 3.12. The van der Waals surface area contributed by atoms with E-state index in [1.54, 1.807) is 24.4 Å². The summed E-state index contributed by atoms with van der Waals surface area (Å²) < 4.78 is 4.95. The zero-order valence-corrected chi connectivity index (χ0v) is 10.5. The molecule has 0 aliphatic heterocycles. The monoisotopic (exact) mass is 258 g/mol. The lowest BCUT2D eigenvalue weighted by Crippen LogP contribution is -2.26. The second kappa shape index (κ2) is 4.72. The Morgan fingerprint density at radius 1 is 1.42 bits per heavy atom. The molecule has 2 aromatic heterocycles. The highest BCUT2D eigenvalue weighted by atomic mass is 16.5. The van der Waals surface area contributed by atoms with Crippen LogP contribution in [-0.4, -0.2) is 22.1 Å². The molecule has 3 rings (SSSR count). The van der Waals surface area contributed by atoms with Crippen molar-refractivity contribution < 1.29 is 9.32 Å². The van der Waals surface area contributed by atoms with Crippen LogP contribution in [0, 0.1) is 6.92 Å². The maximum atomic E-state index is 11.7. The molecule has 0 bridgehead atoms. The first-order chi connectivity index (χ1) is 9.20. The van der Waals surface area contributed by atoms with Crippen LogP contribution < -0.4 is 10.6 Å². The van der Waals surface area contributed by atoms with Crippen molar-refractivity contribution in [3.05, 3.63) is 35.9 Å². The summed E-state index contributed by atoms with van der Waals surface area (Å²) in [7, 11) is 0. The van der Waals surface area contributed by atoms with Crippen LogP contribution in [0.4, 0.5) is 11.5 Å². The van der Waals surface area contributed by atoms with E-state index in [2.05, 4.69) is 20.8 Å². The van der Waals surface area contributed by atoms with Crippen molar-refractivity contribution in [3.8, 4) is 0 Å². The number of carbonyl (C=O) groups excluding carboxylic acids is 1. The third-order valence-corrected chi connectivity index (χ3v) is 2.81. The van der Waals surface area contributed by atoms with Crippen molar-refractivity contribution in [2.75, 3.05) is 5.32 Å². The number of aromatic nitrogens is 2. The molecule has 2 aromatic rings. The van der Waals surface area contributed by atoms with E-state index in [1.165, 1.54) is 0 Å². The summed E-state index contributed by atoms with van der Waals surface area (Å²) in [6.07, 6.45) is 3.74. The summed E-state index contributed by atoms with van der Waals surface area (Å²) in [5, 5.41) is 9.76. The number of anilines is 2. The normalized spacial score (nSPS) is 14.2. The van der Waals surface area contributed by atoms with Crippen molar-refractivity contribution in [2.45, 2.75) is 25.8 Å². The van der Waals surface area contributed by atoms with Gasteiger partial charge in [-0.3, -0.25) is 4.79 Å². The number of hydrogen-bond acceptors (Lipinski definition) is 5. The Balaban J connectivity index is 1.66. The van der Waals surface area contributed by atoms with E-state index in [0.29, 0.717) is 17.6 Å². The molecule has 1 amide bonds. The number of hydrogen-bond donors (Lipinski definition) is 2. The molecule has 6 nitrogen and oxygen atoms in total. The number of aryl methyl sites for hydroxylation is 1. The van der Waals surface area contributed by atoms with Crippen LogP contribution in [0.3, 0.4) is 0 Å². The number of amides is 1. The van der Waals surface area contributed by atoms with Gasteiger partial charge in [0.2, 0.25) is 0 Å². The number of nitrogens with zero attached hydrogens (tertiary/aromatic N) is 2. The van der Waals surface area contributed by atoms with Crippen LogP contribution in [-0.2, 0) is 0 Å². The van der Waals surface area contributed by atoms with Crippen LogP contribution in [0.2, 0.25) is 0 Å². The van der Waals surface area contributed by atoms with E-state index in [1.807, 2.05) is 6.92 Å². The topological polar surface area (TPSA) is 80.0 Å². The quantitative estimate of drug-likeness (QED) is 0.876. The highest BCUT2D eigenvalue weighted by molar-refractivity contribution is 5.92. The van der Waals surface area contributed by atoms with Gasteiger partial charge in [-0.05, 0) is 31.9 Å². The van der Waals surface area contributed by atoms with Gasteiger partial charge in [0, 0.05) is 12.1 Å². The van der Waals surface area contributed by atoms with Crippen LogP contribution in [0.25, 0.3) is 0 Å². The highest BCUT2D eigenvalue weighted by Crippen LogP contribution is 2.19. The van der Waals surface area contributed by atoms with E-state index in [4.69, 9.17) is 4.52 Å². The van der Waals surface area contributed by atoms with Crippen molar-refractivity contribution >= 4 is 17.4 Å². The van der Waals surface area contributed by atoms with Gasteiger partial charge < -0.3 is 15.2 Å². The molecule has 2 N–H and O–H groups in total. The zero-order chi connectivity index (χ0) is 13.2. The molecule has 0 radical (unpaired) electrons. The third kappa shape index (κ3) is 2.90. The Hall–Kier alpha value is -2.37. The Morgan fingerprint density at radius 2 is 2.26 bits per heavy atom. The number of rotatable bonds is 4. The molecule has 0 aromatic carbocycles. The minimum atomic E-state index is -0.119. The summed E-state index contributed by atoms with van der Waals surface area (Å²) >= 11 is 0. The maximum Gasteiger partial charge on any atom is 0.270 e. The highest BCUT2D eigenvalue weighted by Gasteiger charge is 2.24. The average molecular weight is 258 g/mol. The molecule has 0 saturated heterocycles. The SMILES string of the molecule is Cc1cc(Nc2ccc(C(=O)NC3CC3)nc2)no1. The van der Waals surface area contributed by atoms with Gasteiger partial charge in [-0.2, -0.15) is 0 Å². The van der Waals surface area contributed by atoms with E-state index in [9.17, 15) is 4.79 Å². The molecule has 1 fully saturated rings. The summed E-state index contributed by atoms with van der Waals surface area (Å²) in [6, 6.07) is 5.60. The van der Waals surface area contributed by atoms with Crippen molar-refractivity contribution in [1.82, 2.24) is 15.5 Å². The van der Waals surface area contributed by atoms with E-state index in [0.717, 1.165) is 24.3 Å². The molecule has 19 heavy (non-hydrogen) atoms. The van der Waals surface area contributed by atoms with Gasteiger partial charge >= 0.3 is 0 Å². The fourth-order valence-electron chi connectivity index (χ4n) is 1.66. The lowest BCUT2D eigenvalue weighted by atomic mass is 10.3. The summed E-state index contributed by atoms with van der Waals surface area (Å²) in [6.45, 7) is 1.82. The van der Waals surface area contributed by atoms with Crippen molar-refractivity contribution in [2.24, 2.45) is 0 Å². The molecule has 0 unspecified atom stereocenters. The lowest BCUT2D eigenvalue weighted by molar-refractivity contribution is 0.0946. The van der Waals surface area contributed by atoms with Crippen LogP contribution in [0.1, 0.15) is 29.1 Å². The predicted octanol–water partition coefficient (Wildman–Crippen LogP) is 2.01. The molecule has 1 aliphatic rings. The second-order valence-corrected chi connectivity index (χ2v) is 4.63. The van der Waals surface area contributed by atoms with E-state index >= 15 is 0 Å². The van der Waals surface area contributed by atoms with Crippen LogP contribution in [0.5, 0.6) is 0 Å². The Bertz CT molecular complexity index is 587. The molecular weight excluding hydrogens is 244 g/mol. The predicted molar refractivity (Wildman–Crippen MR) is 69.2 cm³/mol. The smallest absolute Gasteiger partial charge is 0.270 e. The maximum absolute atomic E-state index is 11.7. The molecule has 1 aliphatic carbocycles. The fraction of sp³-hybridized carbons (Fsp3) is 0.308. The third-order valence-electron chi connectivity index (χ3n) is 2.81. The van der Waals surface area contributed by atoms with Gasteiger partial charge in [0.1, 0.15) is 11.5 Å². The zero-order valence-electron chi connectivity index (χ0n) is 10.5. The Labute approximate surface area is 110 Å². The second-order valence-electron chi connectivity index (χ2n) is 4.63. The minimum Gasteiger partial charge on any atom is -0.360 e. The van der Waals surface area contributed by atoms with Gasteiger partial charge in [-0.1, -0.05) is 5.16 Å². The van der Waals surface area contributed by atoms with Crippen molar-refractivity contribution in [3.63, 3.8) is 0 Å². The van der Waals surface area contributed by atoms with Gasteiger partial charge in [0.25, 0.3) is 5.91 Å². The van der Waals surface area contributed by atoms with Gasteiger partial charge in [-0.25, -0.2) is 4.98 Å². The van der Waals surface area contributed by atoms with Crippen LogP contribution >= 0.6 is 0 Å². The van der Waals surface area contributed by atoms with Gasteiger partial charge in [0.05, 0.1) is 11.9 Å². The molecule has 2 heterocycles.